The van der Waals surface area contributed by atoms with E-state index in [2.05, 4.69) is 50.3 Å². The largest absolute Gasteiger partial charge is 0.462 e. The third-order valence-corrected chi connectivity index (χ3v) is 8.95. The van der Waals surface area contributed by atoms with E-state index in [4.69, 9.17) is 9.47 Å². The summed E-state index contributed by atoms with van der Waals surface area (Å²) in [5.74, 6) is -0.675. The molecule has 0 bridgehead atoms. The van der Waals surface area contributed by atoms with Crippen LogP contribution in [0.4, 0.5) is 0 Å². The van der Waals surface area contributed by atoms with Crippen LogP contribution in [0, 0.1) is 0 Å². The number of ether oxygens (including phenoxy) is 2. The van der Waals surface area contributed by atoms with Gasteiger partial charge in [-0.15, -0.1) is 0 Å². The number of aliphatic hydroxyl groups is 2. The molecule has 0 heterocycles. The summed E-state index contributed by atoms with van der Waals surface area (Å²) in [5, 5.41) is 19.3. The lowest BCUT2D eigenvalue weighted by Crippen LogP contribution is -2.28. The second-order valence-electron chi connectivity index (χ2n) is 13.9. The molecule has 50 heavy (non-hydrogen) atoms. The Balaban J connectivity index is 3.65. The lowest BCUT2D eigenvalue weighted by atomic mass is 10.0. The van der Waals surface area contributed by atoms with Gasteiger partial charge in [0.05, 0.1) is 12.7 Å². The molecular weight excluding hydrogens is 624 g/mol. The normalized spacial score (nSPS) is 13.3. The third-order valence-electron chi connectivity index (χ3n) is 8.95. The average molecular weight is 703 g/mol. The van der Waals surface area contributed by atoms with Crippen LogP contribution >= 0.6 is 0 Å². The molecular formula is C44H78O6. The second-order valence-corrected chi connectivity index (χ2v) is 13.9. The third kappa shape index (κ3) is 37.1. The summed E-state index contributed by atoms with van der Waals surface area (Å²) in [6.45, 7) is 3.94. The zero-order chi connectivity index (χ0) is 36.6. The highest BCUT2D eigenvalue weighted by molar-refractivity contribution is 5.70. The number of carbonyl (C=O) groups is 2. The predicted molar refractivity (Wildman–Crippen MR) is 211 cm³/mol. The van der Waals surface area contributed by atoms with Gasteiger partial charge in [-0.25, -0.2) is 0 Å². The topological polar surface area (TPSA) is 93.1 Å². The van der Waals surface area contributed by atoms with Crippen molar-refractivity contribution in [1.29, 1.82) is 0 Å². The number of carbonyl (C=O) groups excluding carboxylic acids is 2. The number of aliphatic hydroxyl groups excluding tert-OH is 2. The highest BCUT2D eigenvalue weighted by Gasteiger charge is 2.16. The molecule has 0 aliphatic rings. The molecule has 6 heteroatoms. The lowest BCUT2D eigenvalue weighted by Gasteiger charge is -2.15. The molecule has 0 aromatic rings. The van der Waals surface area contributed by atoms with Crippen LogP contribution in [0.1, 0.15) is 194 Å². The van der Waals surface area contributed by atoms with Crippen molar-refractivity contribution >= 4 is 11.9 Å². The maximum atomic E-state index is 12.2. The molecule has 0 unspecified atom stereocenters. The number of hydrogen-bond acceptors (Lipinski definition) is 6. The molecule has 0 saturated carbocycles. The van der Waals surface area contributed by atoms with E-state index in [1.807, 2.05) is 12.2 Å². The fraction of sp³-hybridized carbons (Fsp3) is 0.773. The van der Waals surface area contributed by atoms with Crippen molar-refractivity contribution in [1.82, 2.24) is 0 Å². The van der Waals surface area contributed by atoms with Gasteiger partial charge in [0.1, 0.15) is 6.61 Å². The monoisotopic (exact) mass is 703 g/mol. The van der Waals surface area contributed by atoms with Gasteiger partial charge in [-0.2, -0.15) is 0 Å². The second kappa shape index (κ2) is 39.6. The van der Waals surface area contributed by atoms with Crippen molar-refractivity contribution in [3.05, 3.63) is 48.6 Å². The minimum Gasteiger partial charge on any atom is -0.462 e. The molecule has 0 radical (unpaired) electrons. The molecule has 0 aromatic heterocycles. The van der Waals surface area contributed by atoms with E-state index < -0.39 is 6.10 Å². The summed E-state index contributed by atoms with van der Waals surface area (Å²) in [4.78, 5) is 24.3. The van der Waals surface area contributed by atoms with Crippen molar-refractivity contribution in [3.8, 4) is 0 Å². The van der Waals surface area contributed by atoms with Crippen molar-refractivity contribution in [2.75, 3.05) is 13.2 Å². The summed E-state index contributed by atoms with van der Waals surface area (Å²) in [6.07, 6.45) is 46.6. The van der Waals surface area contributed by atoms with E-state index in [9.17, 15) is 19.8 Å². The van der Waals surface area contributed by atoms with Gasteiger partial charge in [0.15, 0.2) is 6.10 Å². The maximum absolute atomic E-state index is 12.2. The first-order valence-corrected chi connectivity index (χ1v) is 20.8. The van der Waals surface area contributed by atoms with Crippen LogP contribution in [-0.2, 0) is 19.1 Å². The van der Waals surface area contributed by atoms with Crippen LogP contribution in [0.3, 0.4) is 0 Å². The highest BCUT2D eigenvalue weighted by atomic mass is 16.6. The van der Waals surface area contributed by atoms with Crippen LogP contribution in [-0.4, -0.2) is 47.6 Å². The van der Waals surface area contributed by atoms with Crippen LogP contribution in [0.15, 0.2) is 48.6 Å². The Morgan fingerprint density at radius 1 is 0.540 bits per heavy atom. The molecule has 290 valence electrons. The summed E-state index contributed by atoms with van der Waals surface area (Å²) in [6, 6.07) is 0. The summed E-state index contributed by atoms with van der Waals surface area (Å²) < 4.78 is 10.6. The number of unbranched alkanes of at least 4 members (excludes halogenated alkanes) is 19. The van der Waals surface area contributed by atoms with Crippen LogP contribution in [0.25, 0.3) is 0 Å². The molecule has 0 spiro atoms. The molecule has 0 amide bonds. The molecule has 0 fully saturated rings. The van der Waals surface area contributed by atoms with E-state index in [1.54, 1.807) is 0 Å². The molecule has 0 rings (SSSR count). The Morgan fingerprint density at radius 2 is 0.980 bits per heavy atom. The van der Waals surface area contributed by atoms with Gasteiger partial charge in [0, 0.05) is 12.8 Å². The number of rotatable bonds is 37. The molecule has 2 atom stereocenters. The van der Waals surface area contributed by atoms with E-state index in [-0.39, 0.29) is 31.3 Å². The SMILES string of the molecule is CCCCCCCCCCCCCCCCCCCCC(=O)O[C@@H](CO)COC(=O)CCC/C=C\C/C=C\C/C=C\C/C=C\[C@@H](O)CCCC. The Kier molecular flexibility index (Phi) is 37.9. The Morgan fingerprint density at radius 3 is 1.48 bits per heavy atom. The van der Waals surface area contributed by atoms with Crippen LogP contribution < -0.4 is 0 Å². The standard InChI is InChI=1S/C44H78O6/c1-3-5-7-8-9-10-11-12-13-14-15-16-17-22-25-28-31-34-38-44(48)50-42(39-45)40-49-43(47)37-33-30-27-24-21-19-18-20-23-26-29-32-36-41(46)35-6-4-2/h18-19,23-24,26-27,32,36,41-42,45-46H,3-17,20-22,25,28-31,33-35,37-40H2,1-2H3/b19-18-,26-23-,27-24-,36-32-/t41-,42-/m0/s1. The summed E-state index contributed by atoms with van der Waals surface area (Å²) >= 11 is 0. The molecule has 0 aromatic carbocycles. The zero-order valence-electron chi connectivity index (χ0n) is 32.5. The molecule has 6 nitrogen and oxygen atoms in total. The van der Waals surface area contributed by atoms with E-state index >= 15 is 0 Å². The van der Waals surface area contributed by atoms with Crippen LogP contribution in [0.2, 0.25) is 0 Å². The summed E-state index contributed by atoms with van der Waals surface area (Å²) in [7, 11) is 0. The molecule has 0 saturated heterocycles. The van der Waals surface area contributed by atoms with E-state index in [0.717, 1.165) is 64.2 Å². The molecule has 0 aliphatic carbocycles. The van der Waals surface area contributed by atoms with Crippen molar-refractivity contribution in [2.24, 2.45) is 0 Å². The van der Waals surface area contributed by atoms with Crippen molar-refractivity contribution < 1.29 is 29.3 Å². The first-order valence-electron chi connectivity index (χ1n) is 20.8. The lowest BCUT2D eigenvalue weighted by molar-refractivity contribution is -0.161. The van der Waals surface area contributed by atoms with E-state index in [0.29, 0.717) is 19.3 Å². The van der Waals surface area contributed by atoms with Gasteiger partial charge in [-0.3, -0.25) is 9.59 Å². The zero-order valence-corrected chi connectivity index (χ0v) is 32.5. The number of hydrogen-bond donors (Lipinski definition) is 2. The average Bonchev–Trinajstić information content (AvgIpc) is 3.11. The fourth-order valence-corrected chi connectivity index (χ4v) is 5.74. The Labute approximate surface area is 308 Å². The Hall–Kier alpha value is -2.18. The van der Waals surface area contributed by atoms with Gasteiger partial charge in [-0.1, -0.05) is 184 Å². The van der Waals surface area contributed by atoms with Crippen molar-refractivity contribution in [2.45, 2.75) is 206 Å². The van der Waals surface area contributed by atoms with E-state index in [1.165, 1.54) is 96.3 Å². The molecule has 2 N–H and O–H groups in total. The van der Waals surface area contributed by atoms with Crippen LogP contribution in [0.5, 0.6) is 0 Å². The first kappa shape index (κ1) is 47.8. The van der Waals surface area contributed by atoms with Gasteiger partial charge in [-0.05, 0) is 44.9 Å². The fourth-order valence-electron chi connectivity index (χ4n) is 5.74. The minimum atomic E-state index is -0.802. The molecule has 0 aliphatic heterocycles. The number of esters is 2. The maximum Gasteiger partial charge on any atom is 0.306 e. The van der Waals surface area contributed by atoms with Gasteiger partial charge in [0.2, 0.25) is 0 Å². The highest BCUT2D eigenvalue weighted by Crippen LogP contribution is 2.15. The number of allylic oxidation sites excluding steroid dienone is 7. The van der Waals surface area contributed by atoms with Crippen molar-refractivity contribution in [3.63, 3.8) is 0 Å². The quantitative estimate of drug-likeness (QED) is 0.0380. The Bertz CT molecular complexity index is 861. The first-order chi connectivity index (χ1) is 24.5. The smallest absolute Gasteiger partial charge is 0.306 e. The van der Waals surface area contributed by atoms with Gasteiger partial charge < -0.3 is 19.7 Å². The summed E-state index contributed by atoms with van der Waals surface area (Å²) in [5.41, 5.74) is 0. The van der Waals surface area contributed by atoms with Gasteiger partial charge in [0.25, 0.3) is 0 Å². The van der Waals surface area contributed by atoms with Gasteiger partial charge >= 0.3 is 11.9 Å². The minimum absolute atomic E-state index is 0.105. The predicted octanol–water partition coefficient (Wildman–Crippen LogP) is 12.0.